The smallest absolute Gasteiger partial charge is 0.280 e. The van der Waals surface area contributed by atoms with E-state index in [4.69, 9.17) is 11.5 Å². The normalized spacial score (nSPS) is 11.0. The molecule has 8 heteroatoms. The summed E-state index contributed by atoms with van der Waals surface area (Å²) in [7, 11) is 3.93. The Balaban J connectivity index is 2.16. The molecule has 0 aliphatic heterocycles. The number of fused-ring (bicyclic) bond motifs is 1. The maximum absolute atomic E-state index is 11.9. The monoisotopic (exact) mass is 299 g/mol. The van der Waals surface area contributed by atoms with Crippen molar-refractivity contribution in [3.63, 3.8) is 0 Å². The zero-order valence-corrected chi connectivity index (χ0v) is 12.4. The molecule has 1 aromatic carbocycles. The van der Waals surface area contributed by atoms with Crippen molar-refractivity contribution in [2.75, 3.05) is 30.5 Å². The summed E-state index contributed by atoms with van der Waals surface area (Å²) < 4.78 is 1.68. The molecule has 0 saturated heterocycles. The van der Waals surface area contributed by atoms with Crippen LogP contribution in [0.15, 0.2) is 29.1 Å². The zero-order chi connectivity index (χ0) is 15.9. The van der Waals surface area contributed by atoms with Crippen LogP contribution in [0, 0.1) is 0 Å². The van der Waals surface area contributed by atoms with Crippen LogP contribution in [0.2, 0.25) is 0 Å². The summed E-state index contributed by atoms with van der Waals surface area (Å²) in [6.45, 7) is 0.451. The Morgan fingerprint density at radius 3 is 2.68 bits per heavy atom. The molecule has 2 heterocycles. The summed E-state index contributed by atoms with van der Waals surface area (Å²) >= 11 is 0. The largest absolute Gasteiger partial charge is 0.377 e. The number of anilines is 3. The SMILES string of the molecule is CN(C)c1ccccc1Cn1c(N)nc2c(=O)[nH]c(N)nc21. The maximum Gasteiger partial charge on any atom is 0.280 e. The molecule has 0 unspecified atom stereocenters. The number of hydrogen-bond donors (Lipinski definition) is 3. The fraction of sp³-hybridized carbons (Fsp3) is 0.214. The number of nitrogens with two attached hydrogens (primary N) is 2. The number of nitrogen functional groups attached to an aromatic ring is 2. The zero-order valence-electron chi connectivity index (χ0n) is 12.4. The molecule has 3 aromatic rings. The minimum Gasteiger partial charge on any atom is -0.377 e. The van der Waals surface area contributed by atoms with Gasteiger partial charge in [0.25, 0.3) is 5.56 Å². The van der Waals surface area contributed by atoms with Crippen LogP contribution in [-0.2, 0) is 6.54 Å². The van der Waals surface area contributed by atoms with Crippen molar-refractivity contribution in [1.82, 2.24) is 19.5 Å². The highest BCUT2D eigenvalue weighted by Gasteiger charge is 2.15. The second kappa shape index (κ2) is 5.06. The number of hydrogen-bond acceptors (Lipinski definition) is 6. The van der Waals surface area contributed by atoms with Crippen LogP contribution in [0.3, 0.4) is 0 Å². The molecule has 0 atom stereocenters. The minimum atomic E-state index is -0.395. The first kappa shape index (κ1) is 13.9. The van der Waals surface area contributed by atoms with Gasteiger partial charge in [-0.1, -0.05) is 18.2 Å². The van der Waals surface area contributed by atoms with Crippen LogP contribution in [0.1, 0.15) is 5.56 Å². The van der Waals surface area contributed by atoms with Crippen molar-refractivity contribution < 1.29 is 0 Å². The summed E-state index contributed by atoms with van der Waals surface area (Å²) in [4.78, 5) is 24.6. The molecule has 0 aliphatic rings. The molecule has 0 fully saturated rings. The van der Waals surface area contributed by atoms with Crippen LogP contribution in [0.25, 0.3) is 11.2 Å². The van der Waals surface area contributed by atoms with Crippen molar-refractivity contribution in [1.29, 1.82) is 0 Å². The summed E-state index contributed by atoms with van der Waals surface area (Å²) in [5.41, 5.74) is 13.8. The van der Waals surface area contributed by atoms with Crippen molar-refractivity contribution in [3.8, 4) is 0 Å². The molecule has 0 radical (unpaired) electrons. The highest BCUT2D eigenvalue weighted by molar-refractivity contribution is 5.74. The molecular formula is C14H17N7O. The van der Waals surface area contributed by atoms with Gasteiger partial charge < -0.3 is 16.4 Å². The molecule has 0 amide bonds. The number of H-pyrrole nitrogens is 1. The van der Waals surface area contributed by atoms with Gasteiger partial charge in [-0.2, -0.15) is 4.98 Å². The highest BCUT2D eigenvalue weighted by atomic mass is 16.1. The lowest BCUT2D eigenvalue weighted by Gasteiger charge is -2.18. The molecule has 3 rings (SSSR count). The lowest BCUT2D eigenvalue weighted by molar-refractivity contribution is 0.823. The average Bonchev–Trinajstić information content (AvgIpc) is 2.77. The van der Waals surface area contributed by atoms with E-state index in [1.165, 1.54) is 0 Å². The first-order valence-electron chi connectivity index (χ1n) is 6.74. The third-order valence-corrected chi connectivity index (χ3v) is 3.46. The van der Waals surface area contributed by atoms with Gasteiger partial charge in [-0.3, -0.25) is 14.3 Å². The van der Waals surface area contributed by atoms with Gasteiger partial charge >= 0.3 is 0 Å². The van der Waals surface area contributed by atoms with E-state index in [0.717, 1.165) is 11.3 Å². The highest BCUT2D eigenvalue weighted by Crippen LogP contribution is 2.22. The Kier molecular flexibility index (Phi) is 3.21. The molecule has 0 spiro atoms. The Labute approximate surface area is 126 Å². The molecule has 114 valence electrons. The lowest BCUT2D eigenvalue weighted by atomic mass is 10.1. The quantitative estimate of drug-likeness (QED) is 0.644. The fourth-order valence-corrected chi connectivity index (χ4v) is 2.45. The molecule has 2 aromatic heterocycles. The van der Waals surface area contributed by atoms with E-state index in [1.807, 2.05) is 43.3 Å². The van der Waals surface area contributed by atoms with Crippen molar-refractivity contribution in [2.24, 2.45) is 0 Å². The van der Waals surface area contributed by atoms with E-state index in [9.17, 15) is 4.79 Å². The summed E-state index contributed by atoms with van der Waals surface area (Å²) in [5.74, 6) is 0.270. The number of aromatic nitrogens is 4. The topological polar surface area (TPSA) is 119 Å². The molecule has 5 N–H and O–H groups in total. The third-order valence-electron chi connectivity index (χ3n) is 3.46. The molecule has 22 heavy (non-hydrogen) atoms. The second-order valence-electron chi connectivity index (χ2n) is 5.20. The van der Waals surface area contributed by atoms with Gasteiger partial charge in [0.05, 0.1) is 6.54 Å². The minimum absolute atomic E-state index is 0.0412. The van der Waals surface area contributed by atoms with Gasteiger partial charge in [0, 0.05) is 19.8 Å². The van der Waals surface area contributed by atoms with Crippen molar-refractivity contribution in [2.45, 2.75) is 6.54 Å². The van der Waals surface area contributed by atoms with Crippen LogP contribution >= 0.6 is 0 Å². The predicted octanol–water partition coefficient (Wildman–Crippen LogP) is 0.398. The lowest BCUT2D eigenvalue weighted by Crippen LogP contribution is -2.15. The molecule has 0 bridgehead atoms. The second-order valence-corrected chi connectivity index (χ2v) is 5.20. The molecule has 0 saturated carbocycles. The van der Waals surface area contributed by atoms with E-state index in [2.05, 4.69) is 15.0 Å². The third kappa shape index (κ3) is 2.24. The van der Waals surface area contributed by atoms with Crippen LogP contribution in [-0.4, -0.2) is 33.6 Å². The number of imidazole rings is 1. The van der Waals surface area contributed by atoms with E-state index >= 15 is 0 Å². The number of para-hydroxylation sites is 1. The van der Waals surface area contributed by atoms with E-state index < -0.39 is 5.56 Å². The standard InChI is InChI=1S/C14H17N7O/c1-20(2)9-6-4-3-5-8(9)7-21-11-10(17-14(21)16)12(22)19-13(15)18-11/h3-6H,7H2,1-2H3,(H2,16,17)(H3,15,18,19,22). The molecule has 8 nitrogen and oxygen atoms in total. The summed E-state index contributed by atoms with van der Waals surface area (Å²) in [5, 5.41) is 0. The van der Waals surface area contributed by atoms with Gasteiger partial charge in [-0.25, -0.2) is 4.98 Å². The van der Waals surface area contributed by atoms with Crippen molar-refractivity contribution in [3.05, 3.63) is 40.2 Å². The Morgan fingerprint density at radius 2 is 1.95 bits per heavy atom. The first-order valence-corrected chi connectivity index (χ1v) is 6.74. The number of rotatable bonds is 3. The summed E-state index contributed by atoms with van der Waals surface area (Å²) in [6, 6.07) is 7.93. The Bertz CT molecular complexity index is 894. The molecule has 0 aliphatic carbocycles. The average molecular weight is 299 g/mol. The number of benzene rings is 1. The van der Waals surface area contributed by atoms with Gasteiger partial charge in [-0.05, 0) is 11.6 Å². The number of nitrogens with one attached hydrogen (secondary N) is 1. The Hall–Kier alpha value is -3.03. The number of nitrogens with zero attached hydrogens (tertiary/aromatic N) is 4. The molecular weight excluding hydrogens is 282 g/mol. The van der Waals surface area contributed by atoms with Gasteiger partial charge in [-0.15, -0.1) is 0 Å². The predicted molar refractivity (Wildman–Crippen MR) is 86.8 cm³/mol. The van der Waals surface area contributed by atoms with Gasteiger partial charge in [0.15, 0.2) is 11.2 Å². The van der Waals surface area contributed by atoms with E-state index in [0.29, 0.717) is 12.2 Å². The van der Waals surface area contributed by atoms with Gasteiger partial charge in [0.2, 0.25) is 11.9 Å². The van der Waals surface area contributed by atoms with Gasteiger partial charge in [0.1, 0.15) is 0 Å². The van der Waals surface area contributed by atoms with Crippen molar-refractivity contribution >= 4 is 28.7 Å². The van der Waals surface area contributed by atoms with Crippen LogP contribution < -0.4 is 21.9 Å². The number of aromatic amines is 1. The van der Waals surface area contributed by atoms with E-state index in [1.54, 1.807) is 4.57 Å². The summed E-state index contributed by atoms with van der Waals surface area (Å²) in [6.07, 6.45) is 0. The van der Waals surface area contributed by atoms with Crippen LogP contribution in [0.4, 0.5) is 17.6 Å². The van der Waals surface area contributed by atoms with E-state index in [-0.39, 0.29) is 17.4 Å². The first-order chi connectivity index (χ1) is 10.5. The maximum atomic E-state index is 11.9. The fourth-order valence-electron chi connectivity index (χ4n) is 2.45. The Morgan fingerprint density at radius 1 is 1.23 bits per heavy atom. The van der Waals surface area contributed by atoms with Crippen LogP contribution in [0.5, 0.6) is 0 Å².